The standard InChI is InChI=1S/C22H23N7/c1-28-13-17(10-24-28)15-5-3-6-16(9-15)21-23-12-20(18-11-25-29(2)14-18)22(27-21)26-19-7-4-8-19/h3,5-6,9-14,19H,4,7-8H2,1-2H3,(H,23,26,27). The van der Waals surface area contributed by atoms with E-state index in [1.165, 1.54) is 19.3 Å². The molecular formula is C22H23N7. The van der Waals surface area contributed by atoms with Crippen LogP contribution in [-0.2, 0) is 14.1 Å². The monoisotopic (exact) mass is 385 g/mol. The highest BCUT2D eigenvalue weighted by molar-refractivity contribution is 5.76. The molecule has 0 atom stereocenters. The minimum atomic E-state index is 0.481. The molecule has 7 nitrogen and oxygen atoms in total. The number of rotatable bonds is 5. The van der Waals surface area contributed by atoms with E-state index in [2.05, 4.69) is 32.6 Å². The molecule has 1 N–H and O–H groups in total. The van der Waals surface area contributed by atoms with Crippen LogP contribution >= 0.6 is 0 Å². The lowest BCUT2D eigenvalue weighted by Gasteiger charge is -2.28. The van der Waals surface area contributed by atoms with Gasteiger partial charge in [-0.25, -0.2) is 9.97 Å². The van der Waals surface area contributed by atoms with E-state index in [9.17, 15) is 0 Å². The summed E-state index contributed by atoms with van der Waals surface area (Å²) in [6, 6.07) is 8.76. The van der Waals surface area contributed by atoms with E-state index >= 15 is 0 Å². The number of aryl methyl sites for hydroxylation is 2. The Labute approximate surface area is 169 Å². The minimum absolute atomic E-state index is 0.481. The number of benzene rings is 1. The van der Waals surface area contributed by atoms with Gasteiger partial charge in [0, 0.05) is 61.0 Å². The smallest absolute Gasteiger partial charge is 0.161 e. The maximum absolute atomic E-state index is 4.91. The van der Waals surface area contributed by atoms with Crippen molar-refractivity contribution in [3.63, 3.8) is 0 Å². The Morgan fingerprint density at radius 1 is 0.897 bits per heavy atom. The van der Waals surface area contributed by atoms with Gasteiger partial charge in [0.15, 0.2) is 5.82 Å². The van der Waals surface area contributed by atoms with E-state index in [-0.39, 0.29) is 0 Å². The van der Waals surface area contributed by atoms with Gasteiger partial charge in [0.05, 0.1) is 12.4 Å². The summed E-state index contributed by atoms with van der Waals surface area (Å²) in [5.74, 6) is 1.59. The van der Waals surface area contributed by atoms with Crippen LogP contribution in [0.2, 0.25) is 0 Å². The molecule has 0 bridgehead atoms. The summed E-state index contributed by atoms with van der Waals surface area (Å²) in [5, 5.41) is 12.2. The SMILES string of the molecule is Cn1cc(-c2cccc(-c3ncc(-c4cnn(C)c4)c(NC4CCC4)n3)c2)cn1. The normalized spacial score (nSPS) is 14.0. The largest absolute Gasteiger partial charge is 0.367 e. The maximum atomic E-state index is 4.91. The van der Waals surface area contributed by atoms with E-state index in [0.29, 0.717) is 11.9 Å². The first-order valence-electron chi connectivity index (χ1n) is 9.88. The Morgan fingerprint density at radius 2 is 1.62 bits per heavy atom. The Balaban J connectivity index is 1.54. The Bertz CT molecular complexity index is 1150. The zero-order valence-corrected chi connectivity index (χ0v) is 16.6. The molecule has 0 spiro atoms. The van der Waals surface area contributed by atoms with Crippen molar-refractivity contribution in [3.05, 3.63) is 55.2 Å². The Hall–Kier alpha value is -3.48. The average Bonchev–Trinajstić information content (AvgIpc) is 3.33. The van der Waals surface area contributed by atoms with Gasteiger partial charge in [0.1, 0.15) is 5.82 Å². The molecule has 0 saturated heterocycles. The summed E-state index contributed by atoms with van der Waals surface area (Å²) in [6.07, 6.45) is 13.3. The quantitative estimate of drug-likeness (QED) is 0.564. The summed E-state index contributed by atoms with van der Waals surface area (Å²) >= 11 is 0. The van der Waals surface area contributed by atoms with Gasteiger partial charge >= 0.3 is 0 Å². The van der Waals surface area contributed by atoms with Crippen molar-refractivity contribution in [1.29, 1.82) is 0 Å². The summed E-state index contributed by atoms with van der Waals surface area (Å²) in [5.41, 5.74) is 5.17. The van der Waals surface area contributed by atoms with Crippen molar-refractivity contribution in [3.8, 4) is 33.6 Å². The Morgan fingerprint density at radius 3 is 2.28 bits per heavy atom. The fraction of sp³-hybridized carbons (Fsp3) is 0.273. The van der Waals surface area contributed by atoms with Crippen molar-refractivity contribution in [2.75, 3.05) is 5.32 Å². The molecule has 3 heterocycles. The van der Waals surface area contributed by atoms with E-state index in [0.717, 1.165) is 33.6 Å². The van der Waals surface area contributed by atoms with Gasteiger partial charge in [-0.3, -0.25) is 9.36 Å². The third-order valence-electron chi connectivity index (χ3n) is 5.41. The maximum Gasteiger partial charge on any atom is 0.161 e. The van der Waals surface area contributed by atoms with Gasteiger partial charge in [0.25, 0.3) is 0 Å². The van der Waals surface area contributed by atoms with E-state index in [1.807, 2.05) is 61.9 Å². The summed E-state index contributed by atoms with van der Waals surface area (Å²) in [4.78, 5) is 9.59. The molecule has 1 aliphatic carbocycles. The third-order valence-corrected chi connectivity index (χ3v) is 5.41. The van der Waals surface area contributed by atoms with Gasteiger partial charge in [-0.1, -0.05) is 18.2 Å². The van der Waals surface area contributed by atoms with Gasteiger partial charge in [0.2, 0.25) is 0 Å². The summed E-state index contributed by atoms with van der Waals surface area (Å²) in [7, 11) is 3.84. The molecule has 1 fully saturated rings. The number of hydrogen-bond acceptors (Lipinski definition) is 5. The zero-order chi connectivity index (χ0) is 19.8. The van der Waals surface area contributed by atoms with Crippen molar-refractivity contribution in [2.45, 2.75) is 25.3 Å². The fourth-order valence-electron chi connectivity index (χ4n) is 3.56. The van der Waals surface area contributed by atoms with Crippen LogP contribution in [0.15, 0.2) is 55.2 Å². The van der Waals surface area contributed by atoms with E-state index in [4.69, 9.17) is 4.98 Å². The zero-order valence-electron chi connectivity index (χ0n) is 16.6. The highest BCUT2D eigenvalue weighted by Crippen LogP contribution is 2.32. The van der Waals surface area contributed by atoms with Crippen molar-refractivity contribution in [2.24, 2.45) is 14.1 Å². The number of hydrogen-bond donors (Lipinski definition) is 1. The molecule has 1 aliphatic rings. The molecule has 0 unspecified atom stereocenters. The van der Waals surface area contributed by atoms with Crippen LogP contribution in [0.4, 0.5) is 5.82 Å². The number of aromatic nitrogens is 6. The lowest BCUT2D eigenvalue weighted by molar-refractivity contribution is 0.444. The molecule has 1 aromatic carbocycles. The van der Waals surface area contributed by atoms with Crippen LogP contribution < -0.4 is 5.32 Å². The molecule has 7 heteroatoms. The Kier molecular flexibility index (Phi) is 4.35. The molecule has 0 amide bonds. The topological polar surface area (TPSA) is 73.5 Å². The predicted molar refractivity (Wildman–Crippen MR) is 113 cm³/mol. The first-order valence-corrected chi connectivity index (χ1v) is 9.88. The van der Waals surface area contributed by atoms with Crippen LogP contribution in [0.5, 0.6) is 0 Å². The van der Waals surface area contributed by atoms with Gasteiger partial charge < -0.3 is 5.32 Å². The summed E-state index contributed by atoms with van der Waals surface area (Å²) in [6.45, 7) is 0. The number of nitrogens with one attached hydrogen (secondary N) is 1. The molecule has 5 rings (SSSR count). The molecule has 29 heavy (non-hydrogen) atoms. The average molecular weight is 385 g/mol. The van der Waals surface area contributed by atoms with Crippen LogP contribution in [-0.4, -0.2) is 35.6 Å². The van der Waals surface area contributed by atoms with Crippen LogP contribution in [0, 0.1) is 0 Å². The highest BCUT2D eigenvalue weighted by Gasteiger charge is 2.21. The molecule has 146 valence electrons. The molecule has 4 aromatic rings. The van der Waals surface area contributed by atoms with E-state index < -0.39 is 0 Å². The second-order valence-corrected chi connectivity index (χ2v) is 7.61. The highest BCUT2D eigenvalue weighted by atomic mass is 15.2. The van der Waals surface area contributed by atoms with Crippen LogP contribution in [0.25, 0.3) is 33.6 Å². The van der Waals surface area contributed by atoms with Crippen molar-refractivity contribution >= 4 is 5.82 Å². The molecule has 1 saturated carbocycles. The van der Waals surface area contributed by atoms with Crippen LogP contribution in [0.3, 0.4) is 0 Å². The lowest BCUT2D eigenvalue weighted by Crippen LogP contribution is -2.27. The predicted octanol–water partition coefficient (Wildman–Crippen LogP) is 3.91. The number of anilines is 1. The van der Waals surface area contributed by atoms with Gasteiger partial charge in [-0.05, 0) is 30.9 Å². The fourth-order valence-corrected chi connectivity index (χ4v) is 3.56. The molecule has 0 aliphatic heterocycles. The summed E-state index contributed by atoms with van der Waals surface area (Å²) < 4.78 is 3.61. The number of nitrogens with zero attached hydrogens (tertiary/aromatic N) is 6. The van der Waals surface area contributed by atoms with Crippen molar-refractivity contribution in [1.82, 2.24) is 29.5 Å². The minimum Gasteiger partial charge on any atom is -0.367 e. The van der Waals surface area contributed by atoms with E-state index in [1.54, 1.807) is 4.68 Å². The van der Waals surface area contributed by atoms with Gasteiger partial charge in [-0.2, -0.15) is 10.2 Å². The third kappa shape index (κ3) is 3.51. The molecule has 3 aromatic heterocycles. The second-order valence-electron chi connectivity index (χ2n) is 7.61. The van der Waals surface area contributed by atoms with Crippen molar-refractivity contribution < 1.29 is 0 Å². The first-order chi connectivity index (χ1) is 14.2. The van der Waals surface area contributed by atoms with Gasteiger partial charge in [-0.15, -0.1) is 0 Å². The molecular weight excluding hydrogens is 362 g/mol. The lowest BCUT2D eigenvalue weighted by atomic mass is 9.93. The first kappa shape index (κ1) is 17.6. The second kappa shape index (κ2) is 7.16. The van der Waals surface area contributed by atoms with Crippen LogP contribution in [0.1, 0.15) is 19.3 Å². The molecule has 0 radical (unpaired) electrons.